The normalized spacial score (nSPS) is 17.2. The number of rotatable bonds is 5. The third-order valence-corrected chi connectivity index (χ3v) is 4.23. The number of benzene rings is 1. The summed E-state index contributed by atoms with van der Waals surface area (Å²) < 4.78 is 22.0. The fourth-order valence-electron chi connectivity index (χ4n) is 2.91. The monoisotopic (exact) mass is 382 g/mol. The van der Waals surface area contributed by atoms with Crippen molar-refractivity contribution in [3.8, 4) is 0 Å². The van der Waals surface area contributed by atoms with E-state index in [9.17, 15) is 14.4 Å². The fourth-order valence-corrected chi connectivity index (χ4v) is 2.91. The van der Waals surface area contributed by atoms with Crippen molar-refractivity contribution in [2.45, 2.75) is 38.1 Å². The summed E-state index contributed by atoms with van der Waals surface area (Å²) in [4.78, 5) is 33.9. The van der Waals surface area contributed by atoms with Crippen molar-refractivity contribution < 1.29 is 34.2 Å². The molecular formula is C18H25N3O6. The number of H-pyrrole nitrogens is 1. The zero-order valence-electron chi connectivity index (χ0n) is 17.5. The highest BCUT2D eigenvalue weighted by molar-refractivity contribution is 5.98. The lowest BCUT2D eigenvalue weighted by molar-refractivity contribution is -0.143. The number of nitrogens with one attached hydrogen (secondary N) is 2. The summed E-state index contributed by atoms with van der Waals surface area (Å²) in [7, 11) is 0. The summed E-state index contributed by atoms with van der Waals surface area (Å²) in [6, 6.07) is 5.25. The standard InChI is InChI=1S/C14H17N3O.C4H6O4.H2O/c1-16-9-3-5-13-11(7-9)10-6-8(14(15)18)2-4-12(10)17-13;5-3(6)1-2-4(7)8;/h2,4,6,9,16-17H,3,5,7H2,1H3,(H2,15,18);1-2H2,(H,5,6)(H,7,8);1H2/i1D3;;. The maximum atomic E-state index is 11.3. The number of aliphatic carboxylic acids is 2. The molecule has 1 amide bonds. The number of carbonyl (C=O) groups is 3. The van der Waals surface area contributed by atoms with Gasteiger partial charge >= 0.3 is 11.9 Å². The van der Waals surface area contributed by atoms with E-state index in [0.717, 1.165) is 35.0 Å². The lowest BCUT2D eigenvalue weighted by atomic mass is 9.91. The van der Waals surface area contributed by atoms with Gasteiger partial charge < -0.3 is 31.7 Å². The average molecular weight is 382 g/mol. The van der Waals surface area contributed by atoms with Gasteiger partial charge in [-0.1, -0.05) is 0 Å². The number of carboxylic acid groups (broad SMARTS) is 2. The van der Waals surface area contributed by atoms with Crippen LogP contribution in [0.5, 0.6) is 0 Å². The van der Waals surface area contributed by atoms with Crippen molar-refractivity contribution in [1.82, 2.24) is 10.3 Å². The number of fused-ring (bicyclic) bond motifs is 3. The number of likely N-dealkylation sites (N-methyl/N-ethyl adjacent to an activating group) is 1. The number of hydrogen-bond acceptors (Lipinski definition) is 4. The molecule has 0 aliphatic heterocycles. The molecule has 0 spiro atoms. The Hall–Kier alpha value is -2.91. The molecule has 0 saturated heterocycles. The zero-order valence-corrected chi connectivity index (χ0v) is 14.5. The number of nitrogens with two attached hydrogens (primary N) is 1. The molecular weight excluding hydrogens is 354 g/mol. The quantitative estimate of drug-likeness (QED) is 0.501. The Morgan fingerprint density at radius 3 is 2.52 bits per heavy atom. The minimum Gasteiger partial charge on any atom is -0.481 e. The van der Waals surface area contributed by atoms with E-state index in [1.807, 2.05) is 6.07 Å². The van der Waals surface area contributed by atoms with Crippen LogP contribution in [-0.4, -0.2) is 51.5 Å². The smallest absolute Gasteiger partial charge is 0.303 e. The highest BCUT2D eigenvalue weighted by atomic mass is 16.4. The van der Waals surface area contributed by atoms with E-state index in [1.165, 1.54) is 0 Å². The van der Waals surface area contributed by atoms with Gasteiger partial charge in [-0.15, -0.1) is 0 Å². The van der Waals surface area contributed by atoms with Crippen LogP contribution >= 0.6 is 0 Å². The number of hydrogen-bond donors (Lipinski definition) is 5. The SMILES string of the molecule is O.O=C(O)CCC(=O)O.[2H]C([2H])([2H])NC1CCc2[nH]c3ccc(C(N)=O)cc3c2C1. The Labute approximate surface area is 160 Å². The summed E-state index contributed by atoms with van der Waals surface area (Å²) in [5.41, 5.74) is 8.95. The largest absolute Gasteiger partial charge is 0.481 e. The Balaban J connectivity index is 0.000000431. The van der Waals surface area contributed by atoms with E-state index < -0.39 is 24.8 Å². The Morgan fingerprint density at radius 1 is 1.30 bits per heavy atom. The molecule has 1 atom stereocenters. The topological polar surface area (TPSA) is 177 Å². The summed E-state index contributed by atoms with van der Waals surface area (Å²) >= 11 is 0. The van der Waals surface area contributed by atoms with Gasteiger partial charge in [0.15, 0.2) is 0 Å². The van der Waals surface area contributed by atoms with Crippen LogP contribution in [0, 0.1) is 0 Å². The molecule has 1 aromatic heterocycles. The van der Waals surface area contributed by atoms with Crippen LogP contribution in [0.25, 0.3) is 10.9 Å². The number of aryl methyl sites for hydroxylation is 1. The van der Waals surface area contributed by atoms with Crippen LogP contribution in [-0.2, 0) is 22.4 Å². The van der Waals surface area contributed by atoms with Gasteiger partial charge in [-0.05, 0) is 50.0 Å². The van der Waals surface area contributed by atoms with Crippen molar-refractivity contribution >= 4 is 28.7 Å². The van der Waals surface area contributed by atoms with Gasteiger partial charge in [0.2, 0.25) is 5.91 Å². The molecule has 1 aliphatic rings. The molecule has 0 fully saturated rings. The molecule has 8 N–H and O–H groups in total. The minimum atomic E-state index is -2.13. The van der Waals surface area contributed by atoms with E-state index in [0.29, 0.717) is 12.0 Å². The second kappa shape index (κ2) is 9.70. The first kappa shape index (κ1) is 17.5. The van der Waals surface area contributed by atoms with E-state index >= 15 is 0 Å². The average Bonchev–Trinajstić information content (AvgIpc) is 2.96. The predicted molar refractivity (Wildman–Crippen MR) is 99.8 cm³/mol. The van der Waals surface area contributed by atoms with Crippen LogP contribution in [0.4, 0.5) is 0 Å². The van der Waals surface area contributed by atoms with Gasteiger partial charge in [-0.2, -0.15) is 0 Å². The summed E-state index contributed by atoms with van der Waals surface area (Å²) in [6.07, 6.45) is 1.62. The van der Waals surface area contributed by atoms with Crippen molar-refractivity contribution in [1.29, 1.82) is 0 Å². The van der Waals surface area contributed by atoms with E-state index in [1.54, 1.807) is 12.1 Å². The van der Waals surface area contributed by atoms with Crippen LogP contribution in [0.1, 0.15) is 45.0 Å². The first-order chi connectivity index (χ1) is 13.5. The number of primary amides is 1. The summed E-state index contributed by atoms with van der Waals surface area (Å²) in [5, 5.41) is 19.4. The maximum Gasteiger partial charge on any atom is 0.303 e. The van der Waals surface area contributed by atoms with Crippen LogP contribution in [0.3, 0.4) is 0 Å². The molecule has 1 heterocycles. The van der Waals surface area contributed by atoms with E-state index in [2.05, 4.69) is 10.3 Å². The number of carboxylic acids is 2. The number of amides is 1. The lowest BCUT2D eigenvalue weighted by Crippen LogP contribution is -2.31. The molecule has 0 saturated carbocycles. The molecule has 9 nitrogen and oxygen atoms in total. The highest BCUT2D eigenvalue weighted by Gasteiger charge is 2.21. The lowest BCUT2D eigenvalue weighted by Gasteiger charge is -2.21. The van der Waals surface area contributed by atoms with E-state index in [4.69, 9.17) is 20.1 Å². The highest BCUT2D eigenvalue weighted by Crippen LogP contribution is 2.29. The van der Waals surface area contributed by atoms with Crippen molar-refractivity contribution in [3.05, 3.63) is 35.0 Å². The Morgan fingerprint density at radius 2 is 1.96 bits per heavy atom. The zero-order chi connectivity index (χ0) is 21.8. The molecule has 2 aromatic rings. The van der Waals surface area contributed by atoms with Gasteiger partial charge in [-0.3, -0.25) is 14.4 Å². The number of aromatic amines is 1. The van der Waals surface area contributed by atoms with E-state index in [-0.39, 0.29) is 24.4 Å². The fraction of sp³-hybridized carbons (Fsp3) is 0.389. The second-order valence-corrected chi connectivity index (χ2v) is 6.08. The molecule has 3 rings (SSSR count). The Kier molecular flexibility index (Phi) is 6.28. The maximum absolute atomic E-state index is 11.3. The van der Waals surface area contributed by atoms with Crippen LogP contribution in [0.15, 0.2) is 18.2 Å². The first-order valence-corrected chi connectivity index (χ1v) is 8.11. The van der Waals surface area contributed by atoms with Gasteiger partial charge in [-0.25, -0.2) is 0 Å². The molecule has 1 unspecified atom stereocenters. The van der Waals surface area contributed by atoms with Gasteiger partial charge in [0, 0.05) is 32.3 Å². The van der Waals surface area contributed by atoms with Crippen molar-refractivity contribution in [2.75, 3.05) is 6.98 Å². The minimum absolute atomic E-state index is 0. The number of carbonyl (C=O) groups excluding carboxylic acids is 1. The molecule has 1 aliphatic carbocycles. The number of aromatic nitrogens is 1. The second-order valence-electron chi connectivity index (χ2n) is 6.08. The van der Waals surface area contributed by atoms with Crippen LogP contribution < -0.4 is 11.1 Å². The third kappa shape index (κ3) is 5.80. The molecule has 9 heteroatoms. The third-order valence-electron chi connectivity index (χ3n) is 4.23. The Bertz CT molecular complexity index is 912. The molecule has 0 bridgehead atoms. The van der Waals surface area contributed by atoms with Gasteiger partial charge in [0.25, 0.3) is 0 Å². The first-order valence-electron chi connectivity index (χ1n) is 9.61. The van der Waals surface area contributed by atoms with Crippen LogP contribution in [0.2, 0.25) is 0 Å². The summed E-state index contributed by atoms with van der Waals surface area (Å²) in [5.74, 6) is -2.61. The molecule has 148 valence electrons. The summed E-state index contributed by atoms with van der Waals surface area (Å²) in [6.45, 7) is -2.13. The van der Waals surface area contributed by atoms with Crippen molar-refractivity contribution in [3.63, 3.8) is 0 Å². The molecule has 27 heavy (non-hydrogen) atoms. The van der Waals surface area contributed by atoms with Gasteiger partial charge in [0.05, 0.1) is 12.8 Å². The predicted octanol–water partition coefficient (Wildman–Crippen LogP) is 0.455. The molecule has 1 aromatic carbocycles. The molecule has 0 radical (unpaired) electrons. The van der Waals surface area contributed by atoms with Crippen molar-refractivity contribution in [2.24, 2.45) is 5.73 Å². The van der Waals surface area contributed by atoms with Gasteiger partial charge in [0.1, 0.15) is 0 Å².